The highest BCUT2D eigenvalue weighted by Gasteiger charge is 2.39. The second kappa shape index (κ2) is 10.8. The number of aromatic nitrogens is 1. The normalized spacial score (nSPS) is 15.1. The summed E-state index contributed by atoms with van der Waals surface area (Å²) in [6.07, 6.45) is 1.74. The first-order valence-corrected chi connectivity index (χ1v) is 12.9. The second-order valence-electron chi connectivity index (χ2n) is 8.70. The van der Waals surface area contributed by atoms with Crippen molar-refractivity contribution in [2.45, 2.75) is 5.92 Å². The van der Waals surface area contributed by atoms with Gasteiger partial charge in [0.25, 0.3) is 11.5 Å². The van der Waals surface area contributed by atoms with Gasteiger partial charge in [-0.2, -0.15) is 0 Å². The number of nitrogens with one attached hydrogen (secondary N) is 1. The van der Waals surface area contributed by atoms with Crippen LogP contribution in [0.4, 0.5) is 5.69 Å². The molecule has 196 valence electrons. The van der Waals surface area contributed by atoms with Gasteiger partial charge in [0, 0.05) is 5.69 Å². The van der Waals surface area contributed by atoms with Gasteiger partial charge in [-0.25, -0.2) is 4.79 Å². The number of hydrogen-bond acceptors (Lipinski definition) is 7. The maximum absolute atomic E-state index is 14.0. The molecule has 0 saturated heterocycles. The topological polar surface area (TPSA) is 113 Å². The van der Waals surface area contributed by atoms with Crippen molar-refractivity contribution in [2.24, 2.45) is 5.73 Å². The van der Waals surface area contributed by atoms with Crippen molar-refractivity contribution in [3.05, 3.63) is 121 Å². The van der Waals surface area contributed by atoms with Crippen LogP contribution >= 0.6 is 11.3 Å². The Morgan fingerprint density at radius 2 is 1.56 bits per heavy atom. The second-order valence-corrected chi connectivity index (χ2v) is 9.73. The average Bonchev–Trinajstić information content (AvgIpc) is 3.29. The van der Waals surface area contributed by atoms with Crippen LogP contribution in [0.25, 0.3) is 17.5 Å². The summed E-state index contributed by atoms with van der Waals surface area (Å²) >= 11 is 1.14. The summed E-state index contributed by atoms with van der Waals surface area (Å²) in [7, 11) is 2.80. The molecule has 39 heavy (non-hydrogen) atoms. The Hall–Kier alpha value is -4.89. The Labute approximate surface area is 227 Å². The summed E-state index contributed by atoms with van der Waals surface area (Å²) in [5, 5.41) is 2.91. The van der Waals surface area contributed by atoms with Gasteiger partial charge in [0.15, 0.2) is 0 Å². The molecule has 3 aromatic carbocycles. The molecule has 1 unspecified atom stereocenters. The number of rotatable bonds is 6. The van der Waals surface area contributed by atoms with Gasteiger partial charge < -0.3 is 20.5 Å². The number of anilines is 1. The molecule has 9 heteroatoms. The van der Waals surface area contributed by atoms with E-state index in [9.17, 15) is 14.4 Å². The van der Waals surface area contributed by atoms with Crippen LogP contribution in [-0.2, 0) is 14.3 Å². The molecule has 8 nitrogen and oxygen atoms in total. The van der Waals surface area contributed by atoms with E-state index in [-0.39, 0.29) is 17.0 Å². The van der Waals surface area contributed by atoms with E-state index in [0.717, 1.165) is 16.9 Å². The molecule has 0 radical (unpaired) electrons. The number of methoxy groups -OCH3 is 2. The minimum absolute atomic E-state index is 0.0160. The summed E-state index contributed by atoms with van der Waals surface area (Å²) < 4.78 is 12.2. The molecular formula is C30H25N3O5S. The zero-order valence-electron chi connectivity index (χ0n) is 21.2. The third kappa shape index (κ3) is 4.87. The zero-order valence-corrected chi connectivity index (χ0v) is 22.0. The van der Waals surface area contributed by atoms with E-state index in [1.165, 1.54) is 11.7 Å². The van der Waals surface area contributed by atoms with E-state index in [2.05, 4.69) is 5.32 Å². The molecule has 1 aromatic heterocycles. The average molecular weight is 540 g/mol. The summed E-state index contributed by atoms with van der Waals surface area (Å²) in [5.74, 6) is -1.52. The third-order valence-electron chi connectivity index (χ3n) is 6.38. The van der Waals surface area contributed by atoms with Crippen molar-refractivity contribution in [2.75, 3.05) is 19.5 Å². The monoisotopic (exact) mass is 539 g/mol. The first-order chi connectivity index (χ1) is 18.9. The van der Waals surface area contributed by atoms with Gasteiger partial charge in [-0.15, -0.1) is 11.3 Å². The number of nitrogens with two attached hydrogens (primary N) is 1. The van der Waals surface area contributed by atoms with Gasteiger partial charge in [-0.1, -0.05) is 60.7 Å². The Morgan fingerprint density at radius 1 is 0.923 bits per heavy atom. The van der Waals surface area contributed by atoms with Crippen molar-refractivity contribution >= 4 is 46.4 Å². The van der Waals surface area contributed by atoms with Crippen molar-refractivity contribution in [3.8, 4) is 5.75 Å². The van der Waals surface area contributed by atoms with Crippen molar-refractivity contribution in [1.82, 2.24) is 4.57 Å². The fraction of sp³-hybridized carbons (Fsp3) is 0.100. The maximum Gasteiger partial charge on any atom is 0.338 e. The molecule has 0 saturated carbocycles. The lowest BCUT2D eigenvalue weighted by Gasteiger charge is -2.27. The SMILES string of the molecule is COC(=O)C1=C(N)n2c(s/c(=C\c3ccccc3)c2=O)=C(C(=O)Nc2ccc(OC)cc2)C1c1ccccc1. The van der Waals surface area contributed by atoms with Crippen LogP contribution in [0.1, 0.15) is 17.0 Å². The molecule has 4 aromatic rings. The number of amides is 1. The summed E-state index contributed by atoms with van der Waals surface area (Å²) in [5.41, 5.74) is 8.30. The first-order valence-electron chi connectivity index (χ1n) is 12.0. The van der Waals surface area contributed by atoms with E-state index in [0.29, 0.717) is 26.2 Å². The van der Waals surface area contributed by atoms with Crippen molar-refractivity contribution in [3.63, 3.8) is 0 Å². The Bertz CT molecular complexity index is 1760. The predicted octanol–water partition coefficient (Wildman–Crippen LogP) is 2.63. The first kappa shape index (κ1) is 25.7. The number of thiazole rings is 1. The minimum Gasteiger partial charge on any atom is -0.497 e. The molecular weight excluding hydrogens is 514 g/mol. The quantitative estimate of drug-likeness (QED) is 0.365. The summed E-state index contributed by atoms with van der Waals surface area (Å²) in [4.78, 5) is 40.8. The molecule has 3 N–H and O–H groups in total. The number of esters is 1. The van der Waals surface area contributed by atoms with Crippen LogP contribution in [-0.4, -0.2) is 30.7 Å². The minimum atomic E-state index is -0.875. The molecule has 2 heterocycles. The fourth-order valence-corrected chi connectivity index (χ4v) is 5.71. The van der Waals surface area contributed by atoms with E-state index in [1.807, 2.05) is 48.5 Å². The molecule has 5 rings (SSSR count). The summed E-state index contributed by atoms with van der Waals surface area (Å²) in [6, 6.07) is 25.3. The number of carbonyl (C=O) groups is 2. The molecule has 0 bridgehead atoms. The van der Waals surface area contributed by atoms with Crippen LogP contribution in [0, 0.1) is 0 Å². The van der Waals surface area contributed by atoms with Crippen LogP contribution in [0.2, 0.25) is 0 Å². The van der Waals surface area contributed by atoms with Gasteiger partial charge in [-0.3, -0.25) is 14.2 Å². The van der Waals surface area contributed by atoms with Crippen molar-refractivity contribution in [1.29, 1.82) is 0 Å². The maximum atomic E-state index is 14.0. The molecule has 1 atom stereocenters. The standard InChI is InChI=1S/C30H25N3O5S/c1-37-21-15-13-20(14-16-21)32-27(34)25-23(19-11-7-4-8-12-19)24(30(36)38-2)26(31)33-28(35)22(39-29(25)33)17-18-9-5-3-6-10-18/h3-17,23H,31H2,1-2H3,(H,32,34)/b22-17-. The molecule has 0 aliphatic carbocycles. The predicted molar refractivity (Wildman–Crippen MR) is 151 cm³/mol. The largest absolute Gasteiger partial charge is 0.497 e. The van der Waals surface area contributed by atoms with E-state index in [4.69, 9.17) is 15.2 Å². The van der Waals surface area contributed by atoms with Crippen LogP contribution < -0.4 is 30.5 Å². The highest BCUT2D eigenvalue weighted by molar-refractivity contribution is 7.07. The number of nitrogens with zero attached hydrogens (tertiary/aromatic N) is 1. The van der Waals surface area contributed by atoms with E-state index >= 15 is 0 Å². The molecule has 0 spiro atoms. The Morgan fingerprint density at radius 3 is 2.18 bits per heavy atom. The number of fused-ring (bicyclic) bond motifs is 1. The van der Waals surface area contributed by atoms with Crippen LogP contribution in [0.5, 0.6) is 5.75 Å². The molecule has 1 aliphatic heterocycles. The van der Waals surface area contributed by atoms with Crippen molar-refractivity contribution < 1.29 is 19.1 Å². The fourth-order valence-electron chi connectivity index (χ4n) is 4.53. The van der Waals surface area contributed by atoms with Gasteiger partial charge in [-0.05, 0) is 41.5 Å². The molecule has 1 amide bonds. The Kier molecular flexibility index (Phi) is 7.16. The number of carbonyl (C=O) groups excluding carboxylic acids is 2. The lowest BCUT2D eigenvalue weighted by molar-refractivity contribution is -0.136. The van der Waals surface area contributed by atoms with Crippen LogP contribution in [0.3, 0.4) is 0 Å². The zero-order chi connectivity index (χ0) is 27.5. The number of hydrogen-bond donors (Lipinski definition) is 2. The van der Waals surface area contributed by atoms with Gasteiger partial charge >= 0.3 is 5.97 Å². The van der Waals surface area contributed by atoms with Gasteiger partial charge in [0.2, 0.25) is 0 Å². The highest BCUT2D eigenvalue weighted by Crippen LogP contribution is 2.37. The summed E-state index contributed by atoms with van der Waals surface area (Å²) in [6.45, 7) is 0. The smallest absolute Gasteiger partial charge is 0.338 e. The third-order valence-corrected chi connectivity index (χ3v) is 7.48. The van der Waals surface area contributed by atoms with Crippen LogP contribution in [0.15, 0.2) is 95.3 Å². The number of ether oxygens (including phenoxy) is 2. The lowest BCUT2D eigenvalue weighted by Crippen LogP contribution is -2.42. The molecule has 1 aliphatic rings. The van der Waals surface area contributed by atoms with E-state index in [1.54, 1.807) is 49.6 Å². The Balaban J connectivity index is 1.80. The van der Waals surface area contributed by atoms with E-state index < -0.39 is 23.4 Å². The van der Waals surface area contributed by atoms with Gasteiger partial charge in [0.1, 0.15) is 16.2 Å². The van der Waals surface area contributed by atoms with Gasteiger partial charge in [0.05, 0.1) is 35.8 Å². The molecule has 0 fully saturated rings. The lowest BCUT2D eigenvalue weighted by atomic mass is 9.83. The highest BCUT2D eigenvalue weighted by atomic mass is 32.1. The number of benzene rings is 3.